The highest BCUT2D eigenvalue weighted by Gasteiger charge is 2.25. The first kappa shape index (κ1) is 18.2. The van der Waals surface area contributed by atoms with E-state index in [1.165, 1.54) is 0 Å². The summed E-state index contributed by atoms with van der Waals surface area (Å²) in [6.07, 6.45) is 4.77. The molecule has 0 saturated heterocycles. The van der Waals surface area contributed by atoms with E-state index in [2.05, 4.69) is 33.0 Å². The van der Waals surface area contributed by atoms with E-state index in [0.717, 1.165) is 19.6 Å². The van der Waals surface area contributed by atoms with Crippen molar-refractivity contribution in [2.45, 2.75) is 48.0 Å². The van der Waals surface area contributed by atoms with Gasteiger partial charge < -0.3 is 10.1 Å². The van der Waals surface area contributed by atoms with Gasteiger partial charge in [-0.25, -0.2) is 0 Å². The highest BCUT2D eigenvalue weighted by molar-refractivity contribution is 5.81. The largest absolute Gasteiger partial charge is 0.377 e. The Balaban J connectivity index is 3.94. The van der Waals surface area contributed by atoms with Gasteiger partial charge in [0.15, 0.2) is 0 Å². The van der Waals surface area contributed by atoms with Gasteiger partial charge in [-0.3, -0.25) is 4.79 Å². The second-order valence-corrected chi connectivity index (χ2v) is 6.59. The molecule has 0 aliphatic rings. The Hall–Kier alpha value is -0.830. The molecular formula is C16H31NO2. The van der Waals surface area contributed by atoms with Gasteiger partial charge in [-0.05, 0) is 18.3 Å². The maximum absolute atomic E-state index is 12.0. The summed E-state index contributed by atoms with van der Waals surface area (Å²) >= 11 is 0. The average Bonchev–Trinajstić information content (AvgIpc) is 2.29. The van der Waals surface area contributed by atoms with Crippen LogP contribution in [0.3, 0.4) is 0 Å². The number of carbonyl (C=O) groups excluding carboxylic acids is 1. The van der Waals surface area contributed by atoms with E-state index in [0.29, 0.717) is 18.4 Å². The van der Waals surface area contributed by atoms with Crippen molar-refractivity contribution in [3.05, 3.63) is 12.2 Å². The van der Waals surface area contributed by atoms with Gasteiger partial charge in [-0.15, -0.1) is 0 Å². The number of allylic oxidation sites excluding steroid dienone is 1. The van der Waals surface area contributed by atoms with E-state index < -0.39 is 0 Å². The molecule has 0 fully saturated rings. The van der Waals surface area contributed by atoms with Crippen LogP contribution in [0.15, 0.2) is 12.2 Å². The highest BCUT2D eigenvalue weighted by Crippen LogP contribution is 2.21. The second kappa shape index (κ2) is 9.13. The zero-order valence-electron chi connectivity index (χ0n) is 13.5. The summed E-state index contributed by atoms with van der Waals surface area (Å²) in [5, 5.41) is 2.99. The fourth-order valence-corrected chi connectivity index (χ4v) is 1.45. The molecule has 0 aromatic heterocycles. The third-order valence-corrected chi connectivity index (χ3v) is 2.75. The monoisotopic (exact) mass is 269 g/mol. The summed E-state index contributed by atoms with van der Waals surface area (Å²) in [7, 11) is 0. The number of rotatable bonds is 9. The van der Waals surface area contributed by atoms with Crippen molar-refractivity contribution in [2.24, 2.45) is 17.3 Å². The lowest BCUT2D eigenvalue weighted by molar-refractivity contribution is -0.129. The number of hydrogen-bond donors (Lipinski definition) is 1. The number of nitrogens with one attached hydrogen (secondary N) is 1. The lowest BCUT2D eigenvalue weighted by atomic mass is 9.88. The molecule has 1 amide bonds. The van der Waals surface area contributed by atoms with Crippen LogP contribution in [0, 0.1) is 17.3 Å². The Bertz CT molecular complexity index is 280. The van der Waals surface area contributed by atoms with Gasteiger partial charge in [0.05, 0.1) is 6.61 Å². The summed E-state index contributed by atoms with van der Waals surface area (Å²) < 4.78 is 5.46. The summed E-state index contributed by atoms with van der Waals surface area (Å²) in [6, 6.07) is 0. The van der Waals surface area contributed by atoms with Crippen LogP contribution in [0.1, 0.15) is 48.0 Å². The Morgan fingerprint density at radius 2 is 1.79 bits per heavy atom. The van der Waals surface area contributed by atoms with E-state index in [1.54, 1.807) is 0 Å². The predicted octanol–water partition coefficient (Wildman–Crippen LogP) is 3.40. The summed E-state index contributed by atoms with van der Waals surface area (Å²) in [4.78, 5) is 12.0. The molecular weight excluding hydrogens is 238 g/mol. The maximum atomic E-state index is 12.0. The van der Waals surface area contributed by atoms with Crippen molar-refractivity contribution in [1.29, 1.82) is 0 Å². The highest BCUT2D eigenvalue weighted by atomic mass is 16.5. The molecule has 0 aliphatic heterocycles. The number of ether oxygens (including phenoxy) is 1. The predicted molar refractivity (Wildman–Crippen MR) is 81.0 cm³/mol. The summed E-state index contributed by atoms with van der Waals surface area (Å²) in [6.45, 7) is 14.5. The van der Waals surface area contributed by atoms with Crippen molar-refractivity contribution in [3.8, 4) is 0 Å². The maximum Gasteiger partial charge on any atom is 0.225 e. The number of hydrogen-bond acceptors (Lipinski definition) is 2. The van der Waals surface area contributed by atoms with E-state index in [1.807, 2.05) is 26.0 Å². The van der Waals surface area contributed by atoms with Gasteiger partial charge >= 0.3 is 0 Å². The Morgan fingerprint density at radius 3 is 2.32 bits per heavy atom. The molecule has 112 valence electrons. The summed E-state index contributed by atoms with van der Waals surface area (Å²) in [5.41, 5.74) is -0.358. The third-order valence-electron chi connectivity index (χ3n) is 2.75. The Kier molecular flexibility index (Phi) is 8.73. The Morgan fingerprint density at radius 1 is 1.16 bits per heavy atom. The van der Waals surface area contributed by atoms with E-state index in [-0.39, 0.29) is 11.3 Å². The van der Waals surface area contributed by atoms with Crippen LogP contribution >= 0.6 is 0 Å². The molecule has 1 N–H and O–H groups in total. The van der Waals surface area contributed by atoms with E-state index in [4.69, 9.17) is 4.74 Å². The minimum atomic E-state index is -0.358. The lowest BCUT2D eigenvalue weighted by Gasteiger charge is -2.22. The van der Waals surface area contributed by atoms with Gasteiger partial charge in [0.2, 0.25) is 5.91 Å². The van der Waals surface area contributed by atoms with Crippen LogP contribution in [0.4, 0.5) is 0 Å². The van der Waals surface area contributed by atoms with Crippen molar-refractivity contribution < 1.29 is 9.53 Å². The first-order valence-corrected chi connectivity index (χ1v) is 7.26. The molecule has 0 aromatic carbocycles. The third kappa shape index (κ3) is 9.71. The molecule has 0 aliphatic carbocycles. The van der Waals surface area contributed by atoms with Crippen molar-refractivity contribution in [3.63, 3.8) is 0 Å². The smallest absolute Gasteiger partial charge is 0.225 e. The molecule has 3 heteroatoms. The molecule has 0 spiro atoms. The molecule has 0 radical (unpaired) electrons. The van der Waals surface area contributed by atoms with Crippen LogP contribution < -0.4 is 5.32 Å². The number of amides is 1. The lowest BCUT2D eigenvalue weighted by Crippen LogP contribution is -2.38. The van der Waals surface area contributed by atoms with E-state index >= 15 is 0 Å². The topological polar surface area (TPSA) is 38.3 Å². The molecule has 0 rings (SSSR count). The van der Waals surface area contributed by atoms with Gasteiger partial charge in [0.1, 0.15) is 0 Å². The van der Waals surface area contributed by atoms with Crippen LogP contribution in [0.5, 0.6) is 0 Å². The molecule has 19 heavy (non-hydrogen) atoms. The molecule has 0 heterocycles. The first-order chi connectivity index (χ1) is 8.75. The van der Waals surface area contributed by atoms with Crippen LogP contribution in [-0.2, 0) is 9.53 Å². The van der Waals surface area contributed by atoms with Gasteiger partial charge in [-0.2, -0.15) is 0 Å². The van der Waals surface area contributed by atoms with Gasteiger partial charge in [-0.1, -0.05) is 53.7 Å². The number of carbonyl (C=O) groups is 1. The minimum Gasteiger partial charge on any atom is -0.377 e. The van der Waals surface area contributed by atoms with Crippen LogP contribution in [-0.4, -0.2) is 25.7 Å². The summed E-state index contributed by atoms with van der Waals surface area (Å²) in [5.74, 6) is 1.17. The van der Waals surface area contributed by atoms with Crippen molar-refractivity contribution >= 4 is 5.91 Å². The quantitative estimate of drug-likeness (QED) is 0.514. The van der Waals surface area contributed by atoms with Crippen LogP contribution in [0.25, 0.3) is 0 Å². The molecule has 0 atom stereocenters. The van der Waals surface area contributed by atoms with Crippen LogP contribution in [0.2, 0.25) is 0 Å². The van der Waals surface area contributed by atoms with Crippen molar-refractivity contribution in [1.82, 2.24) is 5.32 Å². The fourth-order valence-electron chi connectivity index (χ4n) is 1.45. The molecule has 0 bridgehead atoms. The zero-order valence-corrected chi connectivity index (χ0v) is 13.5. The average molecular weight is 269 g/mol. The molecule has 0 saturated carbocycles. The zero-order chi connectivity index (χ0) is 14.9. The molecule has 0 aromatic rings. The van der Waals surface area contributed by atoms with E-state index in [9.17, 15) is 4.79 Å². The van der Waals surface area contributed by atoms with Gasteiger partial charge in [0, 0.05) is 18.6 Å². The molecule has 3 nitrogen and oxygen atoms in total. The SMILES string of the molecule is CC(C)CNC(=O)C(C)(C)CC=CCOCC(C)C. The van der Waals surface area contributed by atoms with Crippen molar-refractivity contribution in [2.75, 3.05) is 19.8 Å². The minimum absolute atomic E-state index is 0.119. The fraction of sp³-hybridized carbons (Fsp3) is 0.812. The first-order valence-electron chi connectivity index (χ1n) is 7.26. The second-order valence-electron chi connectivity index (χ2n) is 6.59. The van der Waals surface area contributed by atoms with Gasteiger partial charge in [0.25, 0.3) is 0 Å². The Labute approximate surface area is 118 Å². The molecule has 0 unspecified atom stereocenters. The normalized spacial score (nSPS) is 12.6. The standard InChI is InChI=1S/C16H31NO2/c1-13(2)11-17-15(18)16(5,6)9-7-8-10-19-12-14(3)4/h7-8,13-14H,9-12H2,1-6H3,(H,17,18).